The Labute approximate surface area is 113 Å². The number of hydroxylamine groups is 1. The number of rotatable bonds is 3. The van der Waals surface area contributed by atoms with Crippen molar-refractivity contribution in [1.82, 2.24) is 15.8 Å². The highest BCUT2D eigenvalue weighted by molar-refractivity contribution is 5.78. The number of guanidine groups is 1. The molecular formula is C13H21N5O. The normalized spacial score (nSPS) is 23.2. The van der Waals surface area contributed by atoms with Gasteiger partial charge in [0.1, 0.15) is 5.82 Å². The molecule has 0 saturated heterocycles. The summed E-state index contributed by atoms with van der Waals surface area (Å²) in [5.74, 6) is 1.42. The summed E-state index contributed by atoms with van der Waals surface area (Å²) in [5.41, 5.74) is 2.07. The van der Waals surface area contributed by atoms with Crippen LogP contribution in [0, 0.1) is 0 Å². The molecule has 0 radical (unpaired) electrons. The SMILES string of the molecule is CN=C(NO)NC1CCC(N(C)c2ccccn2)C1. The maximum Gasteiger partial charge on any atom is 0.215 e. The van der Waals surface area contributed by atoms with Gasteiger partial charge in [0.25, 0.3) is 0 Å². The predicted molar refractivity (Wildman–Crippen MR) is 75.5 cm³/mol. The van der Waals surface area contributed by atoms with Crippen LogP contribution in [0.25, 0.3) is 0 Å². The standard InChI is InChI=1S/C13H21N5O/c1-14-13(17-19)16-10-6-7-11(9-10)18(2)12-5-3-4-8-15-12/h3-5,8,10-11,19H,6-7,9H2,1-2H3,(H2,14,16,17). The van der Waals surface area contributed by atoms with Gasteiger partial charge in [-0.05, 0) is 31.4 Å². The first kappa shape index (κ1) is 13.6. The minimum atomic E-state index is 0.328. The van der Waals surface area contributed by atoms with Crippen LogP contribution in [0.4, 0.5) is 5.82 Å². The fourth-order valence-corrected chi connectivity index (χ4v) is 2.53. The van der Waals surface area contributed by atoms with Gasteiger partial charge in [0.2, 0.25) is 5.96 Å². The molecule has 0 spiro atoms. The lowest BCUT2D eigenvalue weighted by molar-refractivity contribution is 0.227. The van der Waals surface area contributed by atoms with E-state index < -0.39 is 0 Å². The van der Waals surface area contributed by atoms with Crippen molar-refractivity contribution in [2.75, 3.05) is 19.0 Å². The number of pyridine rings is 1. The van der Waals surface area contributed by atoms with Gasteiger partial charge >= 0.3 is 0 Å². The maximum absolute atomic E-state index is 8.88. The van der Waals surface area contributed by atoms with Crippen molar-refractivity contribution in [1.29, 1.82) is 0 Å². The van der Waals surface area contributed by atoms with Crippen LogP contribution in [0.3, 0.4) is 0 Å². The molecule has 1 aromatic heterocycles. The third-order valence-electron chi connectivity index (χ3n) is 3.63. The highest BCUT2D eigenvalue weighted by Crippen LogP contribution is 2.26. The van der Waals surface area contributed by atoms with Crippen molar-refractivity contribution in [3.8, 4) is 0 Å². The first-order chi connectivity index (χ1) is 9.24. The molecule has 2 unspecified atom stereocenters. The summed E-state index contributed by atoms with van der Waals surface area (Å²) < 4.78 is 0. The first-order valence-electron chi connectivity index (χ1n) is 6.52. The Morgan fingerprint density at radius 3 is 2.95 bits per heavy atom. The average Bonchev–Trinajstić information content (AvgIpc) is 2.93. The van der Waals surface area contributed by atoms with Gasteiger partial charge in [-0.1, -0.05) is 6.07 Å². The highest BCUT2D eigenvalue weighted by atomic mass is 16.5. The van der Waals surface area contributed by atoms with Crippen LogP contribution >= 0.6 is 0 Å². The van der Waals surface area contributed by atoms with Gasteiger partial charge in [-0.2, -0.15) is 0 Å². The molecule has 0 amide bonds. The Morgan fingerprint density at radius 1 is 1.47 bits per heavy atom. The Hall–Kier alpha value is -1.82. The third kappa shape index (κ3) is 3.35. The lowest BCUT2D eigenvalue weighted by atomic mass is 10.2. The molecule has 0 aliphatic heterocycles. The molecule has 6 heteroatoms. The number of nitrogens with zero attached hydrogens (tertiary/aromatic N) is 3. The van der Waals surface area contributed by atoms with E-state index in [-0.39, 0.29) is 0 Å². The van der Waals surface area contributed by atoms with E-state index in [1.54, 1.807) is 7.05 Å². The molecule has 2 atom stereocenters. The van der Waals surface area contributed by atoms with E-state index in [2.05, 4.69) is 32.7 Å². The molecule has 1 saturated carbocycles. The fraction of sp³-hybridized carbons (Fsp3) is 0.538. The molecule has 1 aliphatic carbocycles. The van der Waals surface area contributed by atoms with E-state index in [0.29, 0.717) is 18.0 Å². The van der Waals surface area contributed by atoms with E-state index in [1.807, 2.05) is 24.4 Å². The van der Waals surface area contributed by atoms with Gasteiger partial charge in [-0.3, -0.25) is 10.2 Å². The Morgan fingerprint density at radius 2 is 2.32 bits per heavy atom. The lowest BCUT2D eigenvalue weighted by Gasteiger charge is -2.25. The van der Waals surface area contributed by atoms with Crippen LogP contribution in [0.1, 0.15) is 19.3 Å². The van der Waals surface area contributed by atoms with Crippen molar-refractivity contribution in [3.05, 3.63) is 24.4 Å². The average molecular weight is 263 g/mol. The summed E-state index contributed by atoms with van der Waals surface area (Å²) in [6.45, 7) is 0. The second-order valence-corrected chi connectivity index (χ2v) is 4.79. The number of aliphatic imine (C=N–C) groups is 1. The lowest BCUT2D eigenvalue weighted by Crippen LogP contribution is -2.42. The first-order valence-corrected chi connectivity index (χ1v) is 6.52. The number of anilines is 1. The molecule has 1 aliphatic rings. The minimum absolute atomic E-state index is 0.328. The van der Waals surface area contributed by atoms with Crippen LogP contribution in [0.15, 0.2) is 29.4 Å². The monoisotopic (exact) mass is 263 g/mol. The second-order valence-electron chi connectivity index (χ2n) is 4.79. The van der Waals surface area contributed by atoms with Crippen molar-refractivity contribution >= 4 is 11.8 Å². The van der Waals surface area contributed by atoms with Gasteiger partial charge in [0, 0.05) is 32.4 Å². The Balaban J connectivity index is 1.91. The molecule has 1 fully saturated rings. The molecule has 1 heterocycles. The van der Waals surface area contributed by atoms with Gasteiger partial charge < -0.3 is 10.2 Å². The highest BCUT2D eigenvalue weighted by Gasteiger charge is 2.28. The summed E-state index contributed by atoms with van der Waals surface area (Å²) in [4.78, 5) is 10.5. The molecule has 1 aromatic rings. The van der Waals surface area contributed by atoms with E-state index in [1.165, 1.54) is 0 Å². The zero-order valence-electron chi connectivity index (χ0n) is 11.4. The van der Waals surface area contributed by atoms with E-state index in [0.717, 1.165) is 25.1 Å². The second kappa shape index (κ2) is 6.38. The van der Waals surface area contributed by atoms with Gasteiger partial charge in [-0.15, -0.1) is 0 Å². The third-order valence-corrected chi connectivity index (χ3v) is 3.63. The smallest absolute Gasteiger partial charge is 0.215 e. The van der Waals surface area contributed by atoms with E-state index in [9.17, 15) is 0 Å². The summed E-state index contributed by atoms with van der Waals surface area (Å²) in [6, 6.07) is 6.74. The zero-order chi connectivity index (χ0) is 13.7. The largest absolute Gasteiger partial charge is 0.357 e. The van der Waals surface area contributed by atoms with Crippen LogP contribution < -0.4 is 15.7 Å². The number of aromatic nitrogens is 1. The van der Waals surface area contributed by atoms with Crippen LogP contribution in [0.5, 0.6) is 0 Å². The van der Waals surface area contributed by atoms with E-state index >= 15 is 0 Å². The molecule has 104 valence electrons. The molecule has 2 rings (SSSR count). The molecule has 6 nitrogen and oxygen atoms in total. The minimum Gasteiger partial charge on any atom is -0.357 e. The summed E-state index contributed by atoms with van der Waals surface area (Å²) >= 11 is 0. The number of hydrogen-bond acceptors (Lipinski definition) is 4. The van der Waals surface area contributed by atoms with Crippen LogP contribution in [-0.2, 0) is 0 Å². The maximum atomic E-state index is 8.88. The van der Waals surface area contributed by atoms with Crippen molar-refractivity contribution in [2.45, 2.75) is 31.3 Å². The van der Waals surface area contributed by atoms with Gasteiger partial charge in [0.05, 0.1) is 0 Å². The van der Waals surface area contributed by atoms with Crippen molar-refractivity contribution in [2.24, 2.45) is 4.99 Å². The number of hydrogen-bond donors (Lipinski definition) is 3. The number of nitrogens with one attached hydrogen (secondary N) is 2. The summed E-state index contributed by atoms with van der Waals surface area (Å²) in [7, 11) is 3.71. The van der Waals surface area contributed by atoms with Gasteiger partial charge in [0.15, 0.2) is 0 Å². The Kier molecular flexibility index (Phi) is 4.57. The topological polar surface area (TPSA) is 72.8 Å². The molecule has 3 N–H and O–H groups in total. The Bertz CT molecular complexity index is 422. The summed E-state index contributed by atoms with van der Waals surface area (Å²) in [6.07, 6.45) is 4.98. The molecule has 19 heavy (non-hydrogen) atoms. The van der Waals surface area contributed by atoms with Crippen LogP contribution in [0.2, 0.25) is 0 Å². The fourth-order valence-electron chi connectivity index (χ4n) is 2.53. The predicted octanol–water partition coefficient (Wildman–Crippen LogP) is 0.993. The van der Waals surface area contributed by atoms with Gasteiger partial charge in [-0.25, -0.2) is 10.5 Å². The summed E-state index contributed by atoms with van der Waals surface area (Å²) in [5, 5.41) is 12.1. The quantitative estimate of drug-likeness (QED) is 0.431. The molecule has 0 bridgehead atoms. The molecular weight excluding hydrogens is 242 g/mol. The van der Waals surface area contributed by atoms with Crippen LogP contribution in [-0.4, -0.2) is 42.3 Å². The molecule has 0 aromatic carbocycles. The van der Waals surface area contributed by atoms with Crippen molar-refractivity contribution < 1.29 is 5.21 Å². The zero-order valence-corrected chi connectivity index (χ0v) is 11.4. The van der Waals surface area contributed by atoms with Crippen molar-refractivity contribution in [3.63, 3.8) is 0 Å². The van der Waals surface area contributed by atoms with E-state index in [4.69, 9.17) is 5.21 Å².